The lowest BCUT2D eigenvalue weighted by molar-refractivity contribution is 0.187. The molecule has 1 aliphatic rings. The molecule has 0 atom stereocenters. The summed E-state index contributed by atoms with van der Waals surface area (Å²) in [6.45, 7) is 10.5. The third kappa shape index (κ3) is 7.70. The van der Waals surface area contributed by atoms with E-state index < -0.39 is 0 Å². The monoisotopic (exact) mass is 474 g/mol. The summed E-state index contributed by atoms with van der Waals surface area (Å²) in [7, 11) is 1.70. The molecule has 148 valence electrons. The molecular formula is C20H35IN4O. The van der Waals surface area contributed by atoms with E-state index in [4.69, 9.17) is 9.73 Å². The number of nitrogens with zero attached hydrogens (tertiary/aromatic N) is 2. The number of rotatable bonds is 8. The molecule has 1 heterocycles. The molecule has 26 heavy (non-hydrogen) atoms. The Labute approximate surface area is 176 Å². The zero-order valence-corrected chi connectivity index (χ0v) is 18.8. The summed E-state index contributed by atoms with van der Waals surface area (Å²) < 4.78 is 5.40. The summed E-state index contributed by atoms with van der Waals surface area (Å²) in [6, 6.07) is 8.05. The van der Waals surface area contributed by atoms with Gasteiger partial charge in [0.05, 0.1) is 13.7 Å². The topological polar surface area (TPSA) is 48.9 Å². The van der Waals surface area contributed by atoms with E-state index in [0.29, 0.717) is 6.54 Å². The highest BCUT2D eigenvalue weighted by atomic mass is 127. The van der Waals surface area contributed by atoms with Crippen LogP contribution in [0.1, 0.15) is 38.7 Å². The smallest absolute Gasteiger partial charge is 0.191 e. The third-order valence-electron chi connectivity index (χ3n) is 4.94. The van der Waals surface area contributed by atoms with Crippen molar-refractivity contribution < 1.29 is 4.74 Å². The Kier molecular flexibility index (Phi) is 11.7. The van der Waals surface area contributed by atoms with Crippen molar-refractivity contribution in [2.24, 2.45) is 10.9 Å². The van der Waals surface area contributed by atoms with Gasteiger partial charge in [-0.25, -0.2) is 4.99 Å². The van der Waals surface area contributed by atoms with Crippen molar-refractivity contribution in [1.29, 1.82) is 0 Å². The van der Waals surface area contributed by atoms with Crippen LogP contribution < -0.4 is 15.4 Å². The molecule has 0 spiro atoms. The predicted molar refractivity (Wildman–Crippen MR) is 121 cm³/mol. The molecule has 1 aromatic carbocycles. The fourth-order valence-corrected chi connectivity index (χ4v) is 3.33. The second-order valence-corrected chi connectivity index (χ2v) is 6.60. The van der Waals surface area contributed by atoms with Gasteiger partial charge in [-0.3, -0.25) is 0 Å². The fourth-order valence-electron chi connectivity index (χ4n) is 3.33. The second-order valence-electron chi connectivity index (χ2n) is 6.60. The van der Waals surface area contributed by atoms with E-state index in [2.05, 4.69) is 35.4 Å². The van der Waals surface area contributed by atoms with Gasteiger partial charge in [0.15, 0.2) is 5.96 Å². The highest BCUT2D eigenvalue weighted by Crippen LogP contribution is 2.20. The van der Waals surface area contributed by atoms with Crippen LogP contribution in [-0.2, 0) is 6.54 Å². The summed E-state index contributed by atoms with van der Waals surface area (Å²) in [5.41, 5.74) is 1.11. The van der Waals surface area contributed by atoms with Crippen LogP contribution in [0.5, 0.6) is 5.75 Å². The van der Waals surface area contributed by atoms with E-state index in [1.807, 2.05) is 18.2 Å². The maximum absolute atomic E-state index is 5.40. The Bertz CT molecular complexity index is 530. The number of hydrogen-bond donors (Lipinski definition) is 2. The van der Waals surface area contributed by atoms with Crippen LogP contribution in [0.3, 0.4) is 0 Å². The summed E-state index contributed by atoms with van der Waals surface area (Å²) >= 11 is 0. The summed E-state index contributed by atoms with van der Waals surface area (Å²) in [5.74, 6) is 2.62. The van der Waals surface area contributed by atoms with Gasteiger partial charge in [0, 0.05) is 18.7 Å². The highest BCUT2D eigenvalue weighted by Gasteiger charge is 2.17. The van der Waals surface area contributed by atoms with Gasteiger partial charge in [0.25, 0.3) is 0 Å². The average molecular weight is 474 g/mol. The molecule has 2 rings (SSSR count). The number of para-hydroxylation sites is 1. The molecule has 1 fully saturated rings. The Morgan fingerprint density at radius 1 is 1.19 bits per heavy atom. The molecule has 0 radical (unpaired) electrons. The summed E-state index contributed by atoms with van der Waals surface area (Å²) in [6.07, 6.45) is 3.87. The number of halogens is 1. The number of ether oxygens (including phenoxy) is 1. The molecule has 0 amide bonds. The first-order valence-corrected chi connectivity index (χ1v) is 9.63. The SMILES string of the molecule is CCNC(=NCc1ccccc1OC)NCCC1CCN(CC)CC1.I. The van der Waals surface area contributed by atoms with Crippen LogP contribution in [-0.4, -0.2) is 50.7 Å². The Morgan fingerprint density at radius 2 is 1.92 bits per heavy atom. The molecule has 1 aromatic rings. The quantitative estimate of drug-likeness (QED) is 0.344. The van der Waals surface area contributed by atoms with Crippen LogP contribution in [0.4, 0.5) is 0 Å². The first kappa shape index (κ1) is 23.0. The van der Waals surface area contributed by atoms with Gasteiger partial charge in [-0.05, 0) is 57.8 Å². The maximum atomic E-state index is 5.40. The van der Waals surface area contributed by atoms with Gasteiger partial charge in [0.2, 0.25) is 0 Å². The minimum absolute atomic E-state index is 0. The minimum Gasteiger partial charge on any atom is -0.496 e. The molecule has 0 unspecified atom stereocenters. The molecular weight excluding hydrogens is 439 g/mol. The third-order valence-corrected chi connectivity index (χ3v) is 4.94. The van der Waals surface area contributed by atoms with Crippen molar-refractivity contribution in [2.45, 2.75) is 39.7 Å². The second kappa shape index (κ2) is 13.2. The van der Waals surface area contributed by atoms with Gasteiger partial charge in [0.1, 0.15) is 5.75 Å². The number of methoxy groups -OCH3 is 1. The van der Waals surface area contributed by atoms with Gasteiger partial charge in [-0.15, -0.1) is 24.0 Å². The van der Waals surface area contributed by atoms with Crippen molar-refractivity contribution in [3.05, 3.63) is 29.8 Å². The molecule has 0 aliphatic carbocycles. The molecule has 0 aromatic heterocycles. The molecule has 0 bridgehead atoms. The lowest BCUT2D eigenvalue weighted by Gasteiger charge is -2.31. The van der Waals surface area contributed by atoms with Crippen molar-refractivity contribution in [1.82, 2.24) is 15.5 Å². The standard InChI is InChI=1S/C20H34N4O.HI/c1-4-21-20(23-16-18-8-6-7-9-19(18)25-3)22-13-10-17-11-14-24(5-2)15-12-17;/h6-9,17H,4-5,10-16H2,1-3H3,(H2,21,22,23);1H. The Hall–Kier alpha value is -1.02. The van der Waals surface area contributed by atoms with E-state index in [9.17, 15) is 0 Å². The number of hydrogen-bond acceptors (Lipinski definition) is 3. The van der Waals surface area contributed by atoms with Crippen molar-refractivity contribution in [3.63, 3.8) is 0 Å². The number of benzene rings is 1. The molecule has 1 saturated heterocycles. The molecule has 0 saturated carbocycles. The molecule has 5 nitrogen and oxygen atoms in total. The first-order chi connectivity index (χ1) is 12.3. The van der Waals surface area contributed by atoms with Gasteiger partial charge in [-0.1, -0.05) is 25.1 Å². The molecule has 2 N–H and O–H groups in total. The largest absolute Gasteiger partial charge is 0.496 e. The van der Waals surface area contributed by atoms with Gasteiger partial charge in [-0.2, -0.15) is 0 Å². The number of guanidine groups is 1. The van der Waals surface area contributed by atoms with E-state index >= 15 is 0 Å². The zero-order chi connectivity index (χ0) is 17.9. The molecule has 6 heteroatoms. The normalized spacial score (nSPS) is 16.0. The van der Waals surface area contributed by atoms with Crippen molar-refractivity contribution in [2.75, 3.05) is 39.8 Å². The van der Waals surface area contributed by atoms with Crippen LogP contribution in [0, 0.1) is 5.92 Å². The number of likely N-dealkylation sites (tertiary alicyclic amines) is 1. The van der Waals surface area contributed by atoms with E-state index in [-0.39, 0.29) is 24.0 Å². The fraction of sp³-hybridized carbons (Fsp3) is 0.650. The maximum Gasteiger partial charge on any atom is 0.191 e. The lowest BCUT2D eigenvalue weighted by Crippen LogP contribution is -2.39. The summed E-state index contributed by atoms with van der Waals surface area (Å²) in [5, 5.41) is 6.82. The van der Waals surface area contributed by atoms with Crippen LogP contribution in [0.15, 0.2) is 29.3 Å². The minimum atomic E-state index is 0. The van der Waals surface area contributed by atoms with Crippen molar-refractivity contribution in [3.8, 4) is 5.75 Å². The number of piperidine rings is 1. The van der Waals surface area contributed by atoms with Crippen LogP contribution in [0.2, 0.25) is 0 Å². The van der Waals surface area contributed by atoms with E-state index in [1.54, 1.807) is 7.11 Å². The number of aliphatic imine (C=N–C) groups is 1. The Morgan fingerprint density at radius 3 is 2.58 bits per heavy atom. The lowest BCUT2D eigenvalue weighted by atomic mass is 9.93. The Balaban J connectivity index is 0.00000338. The van der Waals surface area contributed by atoms with E-state index in [1.165, 1.54) is 38.9 Å². The van der Waals surface area contributed by atoms with E-state index in [0.717, 1.165) is 36.3 Å². The van der Waals surface area contributed by atoms with Crippen LogP contribution in [0.25, 0.3) is 0 Å². The summed E-state index contributed by atoms with van der Waals surface area (Å²) in [4.78, 5) is 7.25. The number of nitrogens with one attached hydrogen (secondary N) is 2. The highest BCUT2D eigenvalue weighted by molar-refractivity contribution is 14.0. The average Bonchev–Trinajstić information content (AvgIpc) is 2.66. The predicted octanol–water partition coefficient (Wildman–Crippen LogP) is 3.49. The first-order valence-electron chi connectivity index (χ1n) is 9.63. The van der Waals surface area contributed by atoms with Crippen molar-refractivity contribution >= 4 is 29.9 Å². The zero-order valence-electron chi connectivity index (χ0n) is 16.5. The van der Waals surface area contributed by atoms with Gasteiger partial charge >= 0.3 is 0 Å². The molecule has 1 aliphatic heterocycles. The van der Waals surface area contributed by atoms with Crippen LogP contribution >= 0.6 is 24.0 Å². The van der Waals surface area contributed by atoms with Gasteiger partial charge < -0.3 is 20.3 Å².